The fourth-order valence-electron chi connectivity index (χ4n) is 2.33. The van der Waals surface area contributed by atoms with Crippen molar-refractivity contribution >= 4 is 0 Å². The summed E-state index contributed by atoms with van der Waals surface area (Å²) in [6.45, 7) is 4.60. The minimum absolute atomic E-state index is 0.237. The third kappa shape index (κ3) is 4.60. The molecule has 2 rings (SSSR count). The van der Waals surface area contributed by atoms with Gasteiger partial charge in [0.25, 0.3) is 0 Å². The number of aliphatic hydroxyl groups excluding tert-OH is 1. The van der Waals surface area contributed by atoms with E-state index in [9.17, 15) is 5.11 Å². The van der Waals surface area contributed by atoms with E-state index < -0.39 is 6.10 Å². The van der Waals surface area contributed by atoms with Crippen LogP contribution in [0.3, 0.4) is 0 Å². The van der Waals surface area contributed by atoms with Crippen LogP contribution in [0.15, 0.2) is 12.4 Å². The lowest BCUT2D eigenvalue weighted by Gasteiger charge is -2.24. The topological polar surface area (TPSA) is 56.5 Å². The number of ether oxygens (including phenoxy) is 2. The lowest BCUT2D eigenvalue weighted by Crippen LogP contribution is -2.29. The highest BCUT2D eigenvalue weighted by Crippen LogP contribution is 2.11. The summed E-state index contributed by atoms with van der Waals surface area (Å²) in [5.74, 6) is 1.03. The molecule has 1 saturated heterocycles. The number of nitrogens with zero attached hydrogens (tertiary/aromatic N) is 2. The van der Waals surface area contributed by atoms with E-state index in [0.29, 0.717) is 13.2 Å². The fraction of sp³-hybridized carbons (Fsp3) is 0.786. The van der Waals surface area contributed by atoms with Crippen molar-refractivity contribution in [1.82, 2.24) is 9.55 Å². The molecule has 0 aromatic carbocycles. The molecule has 108 valence electrons. The number of aromatic nitrogens is 2. The molecule has 0 radical (unpaired) electrons. The van der Waals surface area contributed by atoms with Gasteiger partial charge in [-0.15, -0.1) is 0 Å². The standard InChI is InChI=1S/C14H24N2O3/c1-2-3-14-15-6-7-16(14)10-12(17)11-19-13-4-8-18-9-5-13/h6-7,12-13,17H,2-5,8-11H2,1H3. The molecule has 1 N–H and O–H groups in total. The first-order chi connectivity index (χ1) is 9.29. The summed E-state index contributed by atoms with van der Waals surface area (Å²) in [6.07, 6.45) is 7.33. The highest BCUT2D eigenvalue weighted by Gasteiger charge is 2.16. The highest BCUT2D eigenvalue weighted by atomic mass is 16.5. The Labute approximate surface area is 114 Å². The van der Waals surface area contributed by atoms with Crippen molar-refractivity contribution in [2.45, 2.75) is 51.4 Å². The van der Waals surface area contributed by atoms with Crippen LogP contribution >= 0.6 is 0 Å². The van der Waals surface area contributed by atoms with E-state index in [-0.39, 0.29) is 6.10 Å². The zero-order valence-electron chi connectivity index (χ0n) is 11.6. The SMILES string of the molecule is CCCc1nccn1CC(O)COC1CCOCC1. The van der Waals surface area contributed by atoms with Crippen LogP contribution in [0.25, 0.3) is 0 Å². The van der Waals surface area contributed by atoms with Gasteiger partial charge in [0.2, 0.25) is 0 Å². The molecule has 1 aromatic rings. The number of aryl methyl sites for hydroxylation is 1. The number of hydrogen-bond donors (Lipinski definition) is 1. The minimum Gasteiger partial charge on any atom is -0.389 e. The van der Waals surface area contributed by atoms with Crippen LogP contribution in [0.5, 0.6) is 0 Å². The maximum Gasteiger partial charge on any atom is 0.108 e. The Balaban J connectivity index is 1.73. The normalized spacial score (nSPS) is 18.6. The van der Waals surface area contributed by atoms with Gasteiger partial charge in [-0.25, -0.2) is 4.98 Å². The van der Waals surface area contributed by atoms with Crippen LogP contribution in [0.4, 0.5) is 0 Å². The van der Waals surface area contributed by atoms with Crippen molar-refractivity contribution < 1.29 is 14.6 Å². The quantitative estimate of drug-likeness (QED) is 0.812. The van der Waals surface area contributed by atoms with Crippen molar-refractivity contribution in [2.24, 2.45) is 0 Å². The summed E-state index contributed by atoms with van der Waals surface area (Å²) in [7, 11) is 0. The Bertz CT molecular complexity index is 361. The first kappa shape index (κ1) is 14.5. The summed E-state index contributed by atoms with van der Waals surface area (Å²) in [6, 6.07) is 0. The first-order valence-corrected chi connectivity index (χ1v) is 7.17. The molecule has 0 aliphatic carbocycles. The van der Waals surface area contributed by atoms with E-state index in [4.69, 9.17) is 9.47 Å². The van der Waals surface area contributed by atoms with E-state index in [0.717, 1.165) is 44.7 Å². The molecule has 1 unspecified atom stereocenters. The number of imidazole rings is 1. The zero-order valence-corrected chi connectivity index (χ0v) is 11.6. The molecular weight excluding hydrogens is 244 g/mol. The zero-order chi connectivity index (χ0) is 13.5. The average molecular weight is 268 g/mol. The summed E-state index contributed by atoms with van der Waals surface area (Å²) < 4.78 is 13.0. The first-order valence-electron chi connectivity index (χ1n) is 7.17. The third-order valence-electron chi connectivity index (χ3n) is 3.38. The third-order valence-corrected chi connectivity index (χ3v) is 3.38. The van der Waals surface area contributed by atoms with Crippen LogP contribution in [0.1, 0.15) is 32.0 Å². The summed E-state index contributed by atoms with van der Waals surface area (Å²) >= 11 is 0. The van der Waals surface area contributed by atoms with Crippen molar-refractivity contribution in [3.05, 3.63) is 18.2 Å². The van der Waals surface area contributed by atoms with Gasteiger partial charge in [0.15, 0.2) is 0 Å². The Morgan fingerprint density at radius 3 is 3.05 bits per heavy atom. The average Bonchev–Trinajstić information content (AvgIpc) is 2.85. The molecule has 5 heteroatoms. The number of aliphatic hydroxyl groups is 1. The Morgan fingerprint density at radius 2 is 2.32 bits per heavy atom. The molecule has 0 spiro atoms. The van der Waals surface area contributed by atoms with Crippen LogP contribution in [0.2, 0.25) is 0 Å². The van der Waals surface area contributed by atoms with E-state index in [1.165, 1.54) is 0 Å². The number of hydrogen-bond acceptors (Lipinski definition) is 4. The van der Waals surface area contributed by atoms with E-state index in [2.05, 4.69) is 11.9 Å². The summed E-state index contributed by atoms with van der Waals surface area (Å²) in [5.41, 5.74) is 0. The van der Waals surface area contributed by atoms with Crippen LogP contribution in [-0.4, -0.2) is 46.7 Å². The minimum atomic E-state index is -0.479. The molecule has 1 aliphatic heterocycles. The molecule has 1 aliphatic rings. The van der Waals surface area contributed by atoms with E-state index in [1.807, 2.05) is 10.8 Å². The fourth-order valence-corrected chi connectivity index (χ4v) is 2.33. The second-order valence-corrected chi connectivity index (χ2v) is 5.04. The smallest absolute Gasteiger partial charge is 0.108 e. The molecule has 0 saturated carbocycles. The molecule has 1 atom stereocenters. The van der Waals surface area contributed by atoms with E-state index in [1.54, 1.807) is 6.20 Å². The lowest BCUT2D eigenvalue weighted by molar-refractivity contribution is -0.0618. The van der Waals surface area contributed by atoms with Gasteiger partial charge in [-0.2, -0.15) is 0 Å². The van der Waals surface area contributed by atoms with Gasteiger partial charge >= 0.3 is 0 Å². The second kappa shape index (κ2) is 7.62. The maximum absolute atomic E-state index is 10.0. The Hall–Kier alpha value is -0.910. The molecule has 0 bridgehead atoms. The molecule has 2 heterocycles. The van der Waals surface area contributed by atoms with Gasteiger partial charge in [-0.3, -0.25) is 0 Å². The van der Waals surface area contributed by atoms with Crippen LogP contribution in [0, 0.1) is 0 Å². The van der Waals surface area contributed by atoms with Gasteiger partial charge in [0.1, 0.15) is 5.82 Å². The van der Waals surface area contributed by atoms with Gasteiger partial charge in [0.05, 0.1) is 25.4 Å². The predicted molar refractivity (Wildman–Crippen MR) is 72.0 cm³/mol. The highest BCUT2D eigenvalue weighted by molar-refractivity contribution is 4.92. The van der Waals surface area contributed by atoms with Crippen molar-refractivity contribution in [2.75, 3.05) is 19.8 Å². The molecule has 5 nitrogen and oxygen atoms in total. The van der Waals surface area contributed by atoms with Gasteiger partial charge in [0, 0.05) is 32.0 Å². The molecule has 1 aromatic heterocycles. The Kier molecular flexibility index (Phi) is 5.82. The predicted octanol–water partition coefficient (Wildman–Crippen LogP) is 1.39. The van der Waals surface area contributed by atoms with Gasteiger partial charge in [-0.1, -0.05) is 6.92 Å². The molecular formula is C14H24N2O3. The van der Waals surface area contributed by atoms with Gasteiger partial charge < -0.3 is 19.1 Å². The largest absolute Gasteiger partial charge is 0.389 e. The van der Waals surface area contributed by atoms with Crippen LogP contribution < -0.4 is 0 Å². The summed E-state index contributed by atoms with van der Waals surface area (Å²) in [5, 5.41) is 10.0. The van der Waals surface area contributed by atoms with Crippen LogP contribution in [-0.2, 0) is 22.4 Å². The van der Waals surface area contributed by atoms with Crippen molar-refractivity contribution in [1.29, 1.82) is 0 Å². The van der Waals surface area contributed by atoms with E-state index >= 15 is 0 Å². The van der Waals surface area contributed by atoms with Crippen molar-refractivity contribution in [3.63, 3.8) is 0 Å². The monoisotopic (exact) mass is 268 g/mol. The maximum atomic E-state index is 10.0. The molecule has 1 fully saturated rings. The Morgan fingerprint density at radius 1 is 1.53 bits per heavy atom. The second-order valence-electron chi connectivity index (χ2n) is 5.04. The van der Waals surface area contributed by atoms with Crippen molar-refractivity contribution in [3.8, 4) is 0 Å². The van der Waals surface area contributed by atoms with Gasteiger partial charge in [-0.05, 0) is 19.3 Å². The summed E-state index contributed by atoms with van der Waals surface area (Å²) in [4.78, 5) is 4.30. The number of rotatable bonds is 7. The molecule has 19 heavy (non-hydrogen) atoms. The molecule has 0 amide bonds. The lowest BCUT2D eigenvalue weighted by atomic mass is 10.1.